The van der Waals surface area contributed by atoms with Gasteiger partial charge >= 0.3 is 0 Å². The number of nitrogens with zero attached hydrogens (tertiary/aromatic N) is 2. The molecular formula is C22H25N3O5. The maximum atomic E-state index is 12.5. The molecule has 0 aliphatic heterocycles. The first-order chi connectivity index (χ1) is 14.5. The fourth-order valence-corrected chi connectivity index (χ4v) is 3.05. The third-order valence-corrected chi connectivity index (χ3v) is 4.67. The maximum Gasteiger partial charge on any atom is 0.275 e. The summed E-state index contributed by atoms with van der Waals surface area (Å²) in [6, 6.07) is 12.3. The van der Waals surface area contributed by atoms with Gasteiger partial charge in [0, 0.05) is 12.5 Å². The summed E-state index contributed by atoms with van der Waals surface area (Å²) < 4.78 is 17.2. The molecule has 3 aromatic rings. The highest BCUT2D eigenvalue weighted by Crippen LogP contribution is 2.30. The number of methoxy groups -OCH3 is 2. The van der Waals surface area contributed by atoms with Gasteiger partial charge in [-0.15, -0.1) is 0 Å². The van der Waals surface area contributed by atoms with Crippen molar-refractivity contribution in [1.29, 1.82) is 0 Å². The monoisotopic (exact) mass is 411 g/mol. The molecule has 3 rings (SSSR count). The van der Waals surface area contributed by atoms with Gasteiger partial charge in [0.05, 0.1) is 31.3 Å². The van der Waals surface area contributed by atoms with Crippen LogP contribution in [0.5, 0.6) is 11.5 Å². The zero-order valence-corrected chi connectivity index (χ0v) is 17.3. The van der Waals surface area contributed by atoms with Crippen molar-refractivity contribution in [3.05, 3.63) is 64.6 Å². The number of carbonyl (C=O) groups excluding carboxylic acids is 1. The normalized spacial score (nSPS) is 11.8. The average Bonchev–Trinajstić information content (AvgIpc) is 2.76. The van der Waals surface area contributed by atoms with E-state index in [1.807, 2.05) is 31.2 Å². The molecule has 0 aliphatic carbocycles. The highest BCUT2D eigenvalue weighted by Gasteiger charge is 2.15. The van der Waals surface area contributed by atoms with Gasteiger partial charge in [-0.25, -0.2) is 4.68 Å². The summed E-state index contributed by atoms with van der Waals surface area (Å²) in [6.45, 7) is 2.57. The summed E-state index contributed by atoms with van der Waals surface area (Å²) in [7, 11) is 3.17. The van der Waals surface area contributed by atoms with Crippen LogP contribution in [-0.2, 0) is 16.1 Å². The molecule has 0 bridgehead atoms. The number of amides is 1. The Labute approximate surface area is 174 Å². The molecule has 1 aromatic heterocycles. The molecular weight excluding hydrogens is 386 g/mol. The van der Waals surface area contributed by atoms with E-state index in [2.05, 4.69) is 10.4 Å². The number of hydrogen-bond acceptors (Lipinski definition) is 6. The van der Waals surface area contributed by atoms with Crippen molar-refractivity contribution < 1.29 is 19.0 Å². The number of ether oxygens (including phenoxy) is 3. The van der Waals surface area contributed by atoms with Gasteiger partial charge in [0.25, 0.3) is 5.56 Å². The average molecular weight is 411 g/mol. The lowest BCUT2D eigenvalue weighted by Gasteiger charge is -2.17. The molecule has 1 heterocycles. The zero-order valence-electron chi connectivity index (χ0n) is 17.3. The number of fused-ring (bicyclic) bond motifs is 1. The van der Waals surface area contributed by atoms with Gasteiger partial charge in [-0.05, 0) is 30.7 Å². The van der Waals surface area contributed by atoms with Crippen LogP contribution in [0.1, 0.15) is 18.5 Å². The van der Waals surface area contributed by atoms with Crippen molar-refractivity contribution in [2.45, 2.75) is 19.5 Å². The van der Waals surface area contributed by atoms with E-state index >= 15 is 0 Å². The Hall–Kier alpha value is -3.39. The quantitative estimate of drug-likeness (QED) is 0.544. The number of aromatic nitrogens is 2. The Morgan fingerprint density at radius 1 is 1.13 bits per heavy atom. The van der Waals surface area contributed by atoms with Crippen molar-refractivity contribution in [3.63, 3.8) is 0 Å². The first kappa shape index (κ1) is 21.3. The molecule has 30 heavy (non-hydrogen) atoms. The largest absolute Gasteiger partial charge is 0.493 e. The van der Waals surface area contributed by atoms with E-state index in [4.69, 9.17) is 14.2 Å². The number of nitrogens with one attached hydrogen (secondary N) is 1. The standard InChI is InChI=1S/C22H25N3O5/c1-15(16-8-9-19(20(12-16)29-3)30-11-10-28-2)24-21(26)14-25-22(27)18-7-5-4-6-17(18)13-23-25/h4-9,12-13,15H,10-11,14H2,1-3H3,(H,24,26). The molecule has 1 amide bonds. The van der Waals surface area contributed by atoms with E-state index in [0.29, 0.717) is 30.1 Å². The molecule has 0 spiro atoms. The highest BCUT2D eigenvalue weighted by atomic mass is 16.5. The molecule has 0 fully saturated rings. The van der Waals surface area contributed by atoms with E-state index in [1.165, 1.54) is 0 Å². The minimum Gasteiger partial charge on any atom is -0.493 e. The van der Waals surface area contributed by atoms with Crippen LogP contribution in [0.25, 0.3) is 10.8 Å². The van der Waals surface area contributed by atoms with E-state index < -0.39 is 0 Å². The molecule has 1 N–H and O–H groups in total. The smallest absolute Gasteiger partial charge is 0.275 e. The van der Waals surface area contributed by atoms with Crippen LogP contribution in [-0.4, -0.2) is 43.1 Å². The second-order valence-electron chi connectivity index (χ2n) is 6.74. The van der Waals surface area contributed by atoms with Crippen LogP contribution in [0.4, 0.5) is 0 Å². The van der Waals surface area contributed by atoms with Crippen LogP contribution in [0.15, 0.2) is 53.5 Å². The first-order valence-electron chi connectivity index (χ1n) is 9.57. The Kier molecular flexibility index (Phi) is 7.03. The molecule has 0 radical (unpaired) electrons. The number of benzene rings is 2. The van der Waals surface area contributed by atoms with E-state index in [1.54, 1.807) is 38.6 Å². The molecule has 1 unspecified atom stereocenters. The molecule has 1 atom stereocenters. The lowest BCUT2D eigenvalue weighted by atomic mass is 10.1. The van der Waals surface area contributed by atoms with Crippen molar-refractivity contribution in [2.75, 3.05) is 27.4 Å². The van der Waals surface area contributed by atoms with Crippen molar-refractivity contribution in [1.82, 2.24) is 15.1 Å². The topological polar surface area (TPSA) is 91.7 Å². The summed E-state index contributed by atoms with van der Waals surface area (Å²) in [4.78, 5) is 25.0. The van der Waals surface area contributed by atoms with E-state index in [0.717, 1.165) is 15.6 Å². The third kappa shape index (κ3) is 4.96. The van der Waals surface area contributed by atoms with Crippen LogP contribution in [0.3, 0.4) is 0 Å². The zero-order chi connectivity index (χ0) is 21.5. The molecule has 8 nitrogen and oxygen atoms in total. The summed E-state index contributed by atoms with van der Waals surface area (Å²) in [5.74, 6) is 0.854. The SMILES string of the molecule is COCCOc1ccc(C(C)NC(=O)Cn2ncc3ccccc3c2=O)cc1OC. The fraction of sp³-hybridized carbons (Fsp3) is 0.318. The molecule has 0 aliphatic rings. The van der Waals surface area contributed by atoms with Crippen LogP contribution >= 0.6 is 0 Å². The number of rotatable bonds is 9. The van der Waals surface area contributed by atoms with Gasteiger partial charge < -0.3 is 19.5 Å². The molecule has 158 valence electrons. The summed E-state index contributed by atoms with van der Waals surface area (Å²) in [5, 5.41) is 8.26. The summed E-state index contributed by atoms with van der Waals surface area (Å²) in [6.07, 6.45) is 1.58. The van der Waals surface area contributed by atoms with Gasteiger partial charge in [-0.2, -0.15) is 5.10 Å². The predicted octanol–water partition coefficient (Wildman–Crippen LogP) is 2.31. The van der Waals surface area contributed by atoms with Crippen LogP contribution < -0.4 is 20.3 Å². The van der Waals surface area contributed by atoms with Gasteiger partial charge in [-0.3, -0.25) is 9.59 Å². The lowest BCUT2D eigenvalue weighted by Crippen LogP contribution is -2.34. The number of hydrogen-bond donors (Lipinski definition) is 1. The second kappa shape index (κ2) is 9.89. The second-order valence-corrected chi connectivity index (χ2v) is 6.74. The predicted molar refractivity (Wildman–Crippen MR) is 113 cm³/mol. The van der Waals surface area contributed by atoms with Gasteiger partial charge in [-0.1, -0.05) is 24.3 Å². The van der Waals surface area contributed by atoms with Crippen molar-refractivity contribution in [2.24, 2.45) is 0 Å². The third-order valence-electron chi connectivity index (χ3n) is 4.67. The Bertz CT molecular complexity index is 1080. The maximum absolute atomic E-state index is 12.5. The molecule has 2 aromatic carbocycles. The van der Waals surface area contributed by atoms with Gasteiger partial charge in [0.2, 0.25) is 5.91 Å². The fourth-order valence-electron chi connectivity index (χ4n) is 3.05. The molecule has 8 heteroatoms. The lowest BCUT2D eigenvalue weighted by molar-refractivity contribution is -0.122. The molecule has 0 saturated carbocycles. The first-order valence-corrected chi connectivity index (χ1v) is 9.57. The van der Waals surface area contributed by atoms with Gasteiger partial charge in [0.1, 0.15) is 13.2 Å². The van der Waals surface area contributed by atoms with Crippen LogP contribution in [0.2, 0.25) is 0 Å². The Morgan fingerprint density at radius 3 is 2.70 bits per heavy atom. The summed E-state index contributed by atoms with van der Waals surface area (Å²) >= 11 is 0. The molecule has 0 saturated heterocycles. The number of carbonyl (C=O) groups is 1. The Morgan fingerprint density at radius 2 is 1.93 bits per heavy atom. The minimum absolute atomic E-state index is 0.163. The van der Waals surface area contributed by atoms with E-state index in [-0.39, 0.29) is 24.1 Å². The minimum atomic E-state index is -0.313. The Balaban J connectivity index is 1.68. The van der Waals surface area contributed by atoms with Crippen molar-refractivity contribution in [3.8, 4) is 11.5 Å². The van der Waals surface area contributed by atoms with E-state index in [9.17, 15) is 9.59 Å². The van der Waals surface area contributed by atoms with Crippen LogP contribution in [0, 0.1) is 0 Å². The van der Waals surface area contributed by atoms with Crippen molar-refractivity contribution >= 4 is 16.7 Å². The summed E-state index contributed by atoms with van der Waals surface area (Å²) in [5.41, 5.74) is 0.549. The van der Waals surface area contributed by atoms with Gasteiger partial charge in [0.15, 0.2) is 11.5 Å². The highest BCUT2D eigenvalue weighted by molar-refractivity contribution is 5.81.